The van der Waals surface area contributed by atoms with E-state index in [2.05, 4.69) is 4.74 Å². The third-order valence-electron chi connectivity index (χ3n) is 2.55. The number of nitrogens with zero attached hydrogens (tertiary/aromatic N) is 1. The van der Waals surface area contributed by atoms with Gasteiger partial charge in [0.2, 0.25) is 0 Å². The molecule has 1 aromatic carbocycles. The van der Waals surface area contributed by atoms with Crippen molar-refractivity contribution in [2.45, 2.75) is 13.3 Å². The third kappa shape index (κ3) is 4.77. The van der Waals surface area contributed by atoms with E-state index in [1.807, 2.05) is 4.72 Å². The molecule has 0 unspecified atom stereocenters. The number of carboxylic acids is 1. The van der Waals surface area contributed by atoms with Crippen molar-refractivity contribution in [3.05, 3.63) is 23.8 Å². The summed E-state index contributed by atoms with van der Waals surface area (Å²) in [5, 5.41) is 8.84. The summed E-state index contributed by atoms with van der Waals surface area (Å²) in [4.78, 5) is 10.9. The summed E-state index contributed by atoms with van der Waals surface area (Å²) >= 11 is 0. The zero-order valence-corrected chi connectivity index (χ0v) is 12.3. The summed E-state index contributed by atoms with van der Waals surface area (Å²) in [7, 11) is -2.94. The molecule has 0 saturated heterocycles. The lowest BCUT2D eigenvalue weighted by atomic mass is 10.2. The highest BCUT2D eigenvalue weighted by atomic mass is 32.2. The second-order valence-electron chi connectivity index (χ2n) is 4.09. The zero-order valence-electron chi connectivity index (χ0n) is 11.5. The van der Waals surface area contributed by atoms with Gasteiger partial charge in [-0.2, -0.15) is 12.7 Å². The van der Waals surface area contributed by atoms with E-state index in [4.69, 9.17) is 5.11 Å². The van der Waals surface area contributed by atoms with Crippen LogP contribution in [0, 0.1) is 0 Å². The van der Waals surface area contributed by atoms with Gasteiger partial charge < -0.3 is 9.84 Å². The predicted molar refractivity (Wildman–Crippen MR) is 70.9 cm³/mol. The van der Waals surface area contributed by atoms with Gasteiger partial charge in [0.25, 0.3) is 0 Å². The highest BCUT2D eigenvalue weighted by molar-refractivity contribution is 7.90. The monoisotopic (exact) mass is 342 g/mol. The summed E-state index contributed by atoms with van der Waals surface area (Å²) in [6, 6.07) is 2.33. The first-order valence-corrected chi connectivity index (χ1v) is 7.27. The van der Waals surface area contributed by atoms with Crippen molar-refractivity contribution < 1.29 is 36.2 Å². The Morgan fingerprint density at radius 1 is 1.41 bits per heavy atom. The van der Waals surface area contributed by atoms with E-state index in [9.17, 15) is 26.4 Å². The standard InChI is InChI=1S/C11H13F3N2O5S/c1-3-16(2)22(19,20)15-8-6-7(10(17)18)4-5-9(8)21-11(12,13)14/h4-6,15H,3H2,1-2H3,(H,17,18). The molecule has 2 N–H and O–H groups in total. The van der Waals surface area contributed by atoms with Crippen molar-refractivity contribution >= 4 is 21.9 Å². The molecule has 0 aromatic heterocycles. The number of carbonyl (C=O) groups is 1. The van der Waals surface area contributed by atoms with Crippen LogP contribution in [0.3, 0.4) is 0 Å². The quantitative estimate of drug-likeness (QED) is 0.823. The van der Waals surface area contributed by atoms with Crippen LogP contribution in [0.15, 0.2) is 18.2 Å². The minimum atomic E-state index is -5.05. The zero-order chi connectivity index (χ0) is 17.1. The number of aromatic carboxylic acids is 1. The number of benzene rings is 1. The predicted octanol–water partition coefficient (Wildman–Crippen LogP) is 1.89. The topological polar surface area (TPSA) is 95.9 Å². The van der Waals surface area contributed by atoms with E-state index in [-0.39, 0.29) is 6.54 Å². The van der Waals surface area contributed by atoms with Gasteiger partial charge in [-0.15, -0.1) is 13.2 Å². The van der Waals surface area contributed by atoms with Crippen molar-refractivity contribution in [1.29, 1.82) is 0 Å². The first kappa shape index (κ1) is 18.0. The Bertz CT molecular complexity index is 660. The number of alkyl halides is 3. The van der Waals surface area contributed by atoms with Gasteiger partial charge in [0.05, 0.1) is 11.3 Å². The molecule has 0 radical (unpaired) electrons. The Morgan fingerprint density at radius 2 is 2.00 bits per heavy atom. The molecule has 1 rings (SSSR count). The van der Waals surface area contributed by atoms with Gasteiger partial charge in [0, 0.05) is 13.6 Å². The average Bonchev–Trinajstić information content (AvgIpc) is 2.37. The van der Waals surface area contributed by atoms with Gasteiger partial charge in [-0.3, -0.25) is 4.72 Å². The average molecular weight is 342 g/mol. The SMILES string of the molecule is CCN(C)S(=O)(=O)Nc1cc(C(=O)O)ccc1OC(F)(F)F. The lowest BCUT2D eigenvalue weighted by Gasteiger charge is -2.19. The van der Waals surface area contributed by atoms with Crippen molar-refractivity contribution in [1.82, 2.24) is 4.31 Å². The molecule has 0 heterocycles. The Morgan fingerprint density at radius 3 is 2.45 bits per heavy atom. The molecule has 0 bridgehead atoms. The number of hydrogen-bond donors (Lipinski definition) is 2. The summed E-state index contributed by atoms with van der Waals surface area (Å²) in [5.41, 5.74) is -1.02. The lowest BCUT2D eigenvalue weighted by Crippen LogP contribution is -2.32. The lowest BCUT2D eigenvalue weighted by molar-refractivity contribution is -0.274. The maximum Gasteiger partial charge on any atom is 0.573 e. The van der Waals surface area contributed by atoms with E-state index in [0.29, 0.717) is 0 Å². The second-order valence-corrected chi connectivity index (χ2v) is 5.86. The minimum Gasteiger partial charge on any atom is -0.478 e. The fourth-order valence-corrected chi connectivity index (χ4v) is 2.28. The Hall–Kier alpha value is -2.01. The largest absolute Gasteiger partial charge is 0.573 e. The van der Waals surface area contributed by atoms with Crippen LogP contribution in [0.4, 0.5) is 18.9 Å². The van der Waals surface area contributed by atoms with Crippen molar-refractivity contribution in [2.24, 2.45) is 0 Å². The highest BCUT2D eigenvalue weighted by Crippen LogP contribution is 2.32. The van der Waals surface area contributed by atoms with E-state index < -0.39 is 39.5 Å². The molecule has 0 aliphatic heterocycles. The van der Waals surface area contributed by atoms with Crippen LogP contribution in [-0.2, 0) is 10.2 Å². The van der Waals surface area contributed by atoms with Gasteiger partial charge in [-0.1, -0.05) is 6.92 Å². The van der Waals surface area contributed by atoms with Crippen molar-refractivity contribution in [3.63, 3.8) is 0 Å². The molecular formula is C11H13F3N2O5S. The Balaban J connectivity index is 3.29. The first-order valence-electron chi connectivity index (χ1n) is 5.83. The molecule has 0 saturated carbocycles. The van der Waals surface area contributed by atoms with Crippen molar-refractivity contribution in [3.8, 4) is 5.75 Å². The van der Waals surface area contributed by atoms with Gasteiger partial charge >= 0.3 is 22.5 Å². The number of hydrogen-bond acceptors (Lipinski definition) is 4. The van der Waals surface area contributed by atoms with Gasteiger partial charge in [-0.25, -0.2) is 4.79 Å². The number of halogens is 3. The van der Waals surface area contributed by atoms with Crippen LogP contribution in [0.2, 0.25) is 0 Å². The molecule has 11 heteroatoms. The summed E-state index contributed by atoms with van der Waals surface area (Å²) in [5.74, 6) is -2.28. The maximum atomic E-state index is 12.3. The van der Waals surface area contributed by atoms with Crippen LogP contribution < -0.4 is 9.46 Å². The number of carboxylic acid groups (broad SMARTS) is 1. The molecule has 0 aliphatic rings. The fraction of sp³-hybridized carbons (Fsp3) is 0.364. The summed E-state index contributed by atoms with van der Waals surface area (Å²) in [6.07, 6.45) is -5.05. The van der Waals surface area contributed by atoms with Crippen LogP contribution in [-0.4, -0.2) is 43.8 Å². The third-order valence-corrected chi connectivity index (χ3v) is 4.10. The summed E-state index contributed by atoms with van der Waals surface area (Å²) < 4.78 is 67.0. The number of rotatable bonds is 6. The van der Waals surface area contributed by atoms with Crippen LogP contribution in [0.5, 0.6) is 5.75 Å². The molecule has 22 heavy (non-hydrogen) atoms. The van der Waals surface area contributed by atoms with Crippen LogP contribution in [0.1, 0.15) is 17.3 Å². The Labute approximate surface area is 124 Å². The Kier molecular flexibility index (Phi) is 5.25. The molecule has 124 valence electrons. The molecule has 0 fully saturated rings. The van der Waals surface area contributed by atoms with E-state index in [1.165, 1.54) is 14.0 Å². The number of nitrogens with one attached hydrogen (secondary N) is 1. The van der Waals surface area contributed by atoms with Gasteiger partial charge in [0.15, 0.2) is 5.75 Å². The van der Waals surface area contributed by atoms with E-state index >= 15 is 0 Å². The van der Waals surface area contributed by atoms with Crippen LogP contribution in [0.25, 0.3) is 0 Å². The van der Waals surface area contributed by atoms with Crippen LogP contribution >= 0.6 is 0 Å². The molecule has 0 atom stereocenters. The normalized spacial score (nSPS) is 12.3. The number of anilines is 1. The molecule has 0 amide bonds. The van der Waals surface area contributed by atoms with Crippen molar-refractivity contribution in [2.75, 3.05) is 18.3 Å². The molecule has 0 spiro atoms. The second kappa shape index (κ2) is 6.40. The molecule has 0 aliphatic carbocycles. The number of ether oxygens (including phenoxy) is 1. The van der Waals surface area contributed by atoms with E-state index in [0.717, 1.165) is 22.5 Å². The fourth-order valence-electron chi connectivity index (χ4n) is 1.34. The smallest absolute Gasteiger partial charge is 0.478 e. The van der Waals surface area contributed by atoms with E-state index in [1.54, 1.807) is 0 Å². The maximum absolute atomic E-state index is 12.3. The minimum absolute atomic E-state index is 0.0589. The molecule has 7 nitrogen and oxygen atoms in total. The first-order chi connectivity index (χ1) is 9.96. The highest BCUT2D eigenvalue weighted by Gasteiger charge is 2.33. The molecule has 1 aromatic rings. The van der Waals surface area contributed by atoms with Gasteiger partial charge in [-0.05, 0) is 18.2 Å². The van der Waals surface area contributed by atoms with Gasteiger partial charge in [0.1, 0.15) is 0 Å². The summed E-state index contributed by atoms with van der Waals surface area (Å²) in [6.45, 7) is 1.57. The molecular weight excluding hydrogens is 329 g/mol.